The second-order valence-corrected chi connectivity index (χ2v) is 4.14. The molecule has 0 aliphatic heterocycles. The molecule has 94 valence electrons. The molecule has 6 nitrogen and oxygen atoms in total. The lowest BCUT2D eigenvalue weighted by atomic mass is 10.3. The highest BCUT2D eigenvalue weighted by Gasteiger charge is 2.06. The van der Waals surface area contributed by atoms with E-state index in [2.05, 4.69) is 31.3 Å². The van der Waals surface area contributed by atoms with Crippen LogP contribution in [0.4, 0.5) is 5.82 Å². The van der Waals surface area contributed by atoms with Gasteiger partial charge in [-0.2, -0.15) is 4.98 Å². The molecule has 0 saturated heterocycles. The van der Waals surface area contributed by atoms with E-state index in [1.807, 2.05) is 0 Å². The third-order valence-corrected chi connectivity index (χ3v) is 2.73. The van der Waals surface area contributed by atoms with Gasteiger partial charge in [-0.3, -0.25) is 4.98 Å². The predicted molar refractivity (Wildman–Crippen MR) is 70.6 cm³/mol. The molecule has 0 aliphatic rings. The van der Waals surface area contributed by atoms with Gasteiger partial charge in [0.25, 0.3) is 0 Å². The summed E-state index contributed by atoms with van der Waals surface area (Å²) in [4.78, 5) is 8.04. The number of hydrogen-bond donors (Lipinski definition) is 2. The van der Waals surface area contributed by atoms with Crippen molar-refractivity contribution in [3.63, 3.8) is 0 Å². The highest BCUT2D eigenvalue weighted by molar-refractivity contribution is 9.10. The molecule has 0 bridgehead atoms. The molecule has 2 aromatic rings. The van der Waals surface area contributed by atoms with Crippen molar-refractivity contribution in [2.45, 2.75) is 0 Å². The SMILES string of the molecule is COc1ccc(Oc2cncc(NN)n2)c(Br)c1. The van der Waals surface area contributed by atoms with Crippen molar-refractivity contribution in [3.05, 3.63) is 35.1 Å². The van der Waals surface area contributed by atoms with Gasteiger partial charge in [0.15, 0.2) is 5.82 Å². The van der Waals surface area contributed by atoms with Crippen LogP contribution in [-0.2, 0) is 0 Å². The Kier molecular flexibility index (Phi) is 3.96. The number of hydrazine groups is 1. The summed E-state index contributed by atoms with van der Waals surface area (Å²) >= 11 is 3.39. The molecule has 2 rings (SSSR count). The van der Waals surface area contributed by atoms with E-state index in [-0.39, 0.29) is 0 Å². The van der Waals surface area contributed by atoms with Gasteiger partial charge in [-0.1, -0.05) is 0 Å². The molecule has 0 radical (unpaired) electrons. The first-order chi connectivity index (χ1) is 8.72. The van der Waals surface area contributed by atoms with Crippen molar-refractivity contribution in [2.75, 3.05) is 12.5 Å². The van der Waals surface area contributed by atoms with E-state index in [1.54, 1.807) is 25.3 Å². The van der Waals surface area contributed by atoms with Gasteiger partial charge in [0.05, 0.1) is 24.0 Å². The number of anilines is 1. The minimum absolute atomic E-state index is 0.344. The zero-order valence-electron chi connectivity index (χ0n) is 9.55. The maximum Gasteiger partial charge on any atom is 0.239 e. The Morgan fingerprint density at radius 2 is 2.17 bits per heavy atom. The minimum Gasteiger partial charge on any atom is -0.497 e. The Morgan fingerprint density at radius 3 is 2.83 bits per heavy atom. The van der Waals surface area contributed by atoms with Crippen LogP contribution in [0.15, 0.2) is 35.1 Å². The number of benzene rings is 1. The maximum absolute atomic E-state index is 5.58. The van der Waals surface area contributed by atoms with Crippen molar-refractivity contribution in [2.24, 2.45) is 5.84 Å². The first-order valence-electron chi connectivity index (χ1n) is 5.03. The van der Waals surface area contributed by atoms with E-state index in [0.29, 0.717) is 17.4 Å². The van der Waals surface area contributed by atoms with Crippen LogP contribution in [0.3, 0.4) is 0 Å². The van der Waals surface area contributed by atoms with E-state index in [0.717, 1.165) is 10.2 Å². The minimum atomic E-state index is 0.344. The molecule has 3 N–H and O–H groups in total. The van der Waals surface area contributed by atoms with Crippen LogP contribution < -0.4 is 20.7 Å². The van der Waals surface area contributed by atoms with E-state index in [1.165, 1.54) is 12.4 Å². The first kappa shape index (κ1) is 12.6. The molecule has 0 fully saturated rings. The van der Waals surface area contributed by atoms with Gasteiger partial charge in [0, 0.05) is 0 Å². The van der Waals surface area contributed by atoms with Crippen molar-refractivity contribution >= 4 is 21.7 Å². The highest BCUT2D eigenvalue weighted by atomic mass is 79.9. The molecule has 1 aromatic heterocycles. The first-order valence-corrected chi connectivity index (χ1v) is 5.82. The summed E-state index contributed by atoms with van der Waals surface area (Å²) < 4.78 is 11.4. The number of nitrogens with two attached hydrogens (primary N) is 1. The van der Waals surface area contributed by atoms with E-state index < -0.39 is 0 Å². The van der Waals surface area contributed by atoms with Crippen molar-refractivity contribution in [1.82, 2.24) is 9.97 Å². The maximum atomic E-state index is 5.58. The van der Waals surface area contributed by atoms with E-state index in [9.17, 15) is 0 Å². The topological polar surface area (TPSA) is 82.3 Å². The van der Waals surface area contributed by atoms with Gasteiger partial charge < -0.3 is 14.9 Å². The van der Waals surface area contributed by atoms with Crippen LogP contribution >= 0.6 is 15.9 Å². The number of aromatic nitrogens is 2. The summed E-state index contributed by atoms with van der Waals surface area (Å²) in [7, 11) is 1.60. The smallest absolute Gasteiger partial charge is 0.239 e. The number of halogens is 1. The molecule has 0 unspecified atom stereocenters. The fourth-order valence-corrected chi connectivity index (χ4v) is 1.71. The second kappa shape index (κ2) is 5.65. The lowest BCUT2D eigenvalue weighted by Crippen LogP contribution is -2.09. The van der Waals surface area contributed by atoms with E-state index >= 15 is 0 Å². The number of ether oxygens (including phenoxy) is 2. The molecule has 0 amide bonds. The van der Waals surface area contributed by atoms with Gasteiger partial charge >= 0.3 is 0 Å². The standard InChI is InChI=1S/C11H11BrN4O2/c1-17-7-2-3-9(8(12)4-7)18-11-6-14-5-10(15-11)16-13/h2-6H,13H2,1H3,(H,15,16). The summed E-state index contributed by atoms with van der Waals surface area (Å²) in [5.74, 6) is 7.36. The molecule has 0 aliphatic carbocycles. The van der Waals surface area contributed by atoms with Crippen molar-refractivity contribution in [3.8, 4) is 17.4 Å². The van der Waals surface area contributed by atoms with Crippen LogP contribution in [0.1, 0.15) is 0 Å². The third-order valence-electron chi connectivity index (χ3n) is 2.11. The van der Waals surface area contributed by atoms with Crippen LogP contribution in [0, 0.1) is 0 Å². The number of methoxy groups -OCH3 is 1. The van der Waals surface area contributed by atoms with Crippen molar-refractivity contribution in [1.29, 1.82) is 0 Å². The summed E-state index contributed by atoms with van der Waals surface area (Å²) in [5, 5.41) is 0. The molecular weight excluding hydrogens is 300 g/mol. The number of nitrogen functional groups attached to an aromatic ring is 1. The number of nitrogens with one attached hydrogen (secondary N) is 1. The van der Waals surface area contributed by atoms with Crippen LogP contribution in [0.5, 0.6) is 17.4 Å². The fraction of sp³-hybridized carbons (Fsp3) is 0.0909. The molecule has 1 aromatic carbocycles. The quantitative estimate of drug-likeness (QED) is 0.666. The van der Waals surface area contributed by atoms with Gasteiger partial charge in [-0.25, -0.2) is 5.84 Å². The Labute approximate surface area is 112 Å². The molecule has 0 atom stereocenters. The van der Waals surface area contributed by atoms with Crippen molar-refractivity contribution < 1.29 is 9.47 Å². The summed E-state index contributed by atoms with van der Waals surface area (Å²) in [6, 6.07) is 5.36. The summed E-state index contributed by atoms with van der Waals surface area (Å²) in [5.41, 5.74) is 2.40. The Bertz CT molecular complexity index is 550. The number of hydrogen-bond acceptors (Lipinski definition) is 6. The lowest BCUT2D eigenvalue weighted by molar-refractivity contribution is 0.411. The average Bonchev–Trinajstić information content (AvgIpc) is 2.41. The molecule has 7 heteroatoms. The van der Waals surface area contributed by atoms with Gasteiger partial charge in [0.1, 0.15) is 11.5 Å². The van der Waals surface area contributed by atoms with E-state index in [4.69, 9.17) is 15.3 Å². The molecular formula is C11H11BrN4O2. The normalized spacial score (nSPS) is 9.94. The molecule has 18 heavy (non-hydrogen) atoms. The van der Waals surface area contributed by atoms with Gasteiger partial charge in [-0.05, 0) is 34.1 Å². The monoisotopic (exact) mass is 310 g/mol. The number of rotatable bonds is 4. The van der Waals surface area contributed by atoms with Crippen LogP contribution in [0.25, 0.3) is 0 Å². The highest BCUT2D eigenvalue weighted by Crippen LogP contribution is 2.31. The third kappa shape index (κ3) is 2.88. The second-order valence-electron chi connectivity index (χ2n) is 3.29. The van der Waals surface area contributed by atoms with Gasteiger partial charge in [-0.15, -0.1) is 0 Å². The van der Waals surface area contributed by atoms with Gasteiger partial charge in [0.2, 0.25) is 5.88 Å². The summed E-state index contributed by atoms with van der Waals surface area (Å²) in [6.07, 6.45) is 2.99. The van der Waals surface area contributed by atoms with Crippen LogP contribution in [0.2, 0.25) is 0 Å². The predicted octanol–water partition coefficient (Wildman–Crippen LogP) is 2.33. The fourth-order valence-electron chi connectivity index (χ4n) is 1.27. The largest absolute Gasteiger partial charge is 0.497 e. The average molecular weight is 311 g/mol. The molecule has 1 heterocycles. The molecule has 0 saturated carbocycles. The number of nitrogens with zero attached hydrogens (tertiary/aromatic N) is 2. The Hall–Kier alpha value is -1.86. The van der Waals surface area contributed by atoms with Crippen LogP contribution in [-0.4, -0.2) is 17.1 Å². The molecule has 0 spiro atoms. The lowest BCUT2D eigenvalue weighted by Gasteiger charge is -2.08. The summed E-state index contributed by atoms with van der Waals surface area (Å²) in [6.45, 7) is 0. The Morgan fingerprint density at radius 1 is 1.33 bits per heavy atom. The zero-order valence-corrected chi connectivity index (χ0v) is 11.1. The Balaban J connectivity index is 2.22. The zero-order chi connectivity index (χ0) is 13.0.